The Balaban J connectivity index is 1.65. The lowest BCUT2D eigenvalue weighted by Crippen LogP contribution is -2.43. The normalized spacial score (nSPS) is 10.6. The molecule has 162 valence electrons. The molecule has 0 aliphatic carbocycles. The summed E-state index contributed by atoms with van der Waals surface area (Å²) in [5, 5.41) is 12.0. The molecule has 0 spiro atoms. The summed E-state index contributed by atoms with van der Waals surface area (Å²) < 4.78 is 10.7. The molecule has 2 aromatic carbocycles. The number of hydrogen-bond donors (Lipinski definition) is 4. The van der Waals surface area contributed by atoms with Crippen LogP contribution >= 0.6 is 23.4 Å². The van der Waals surface area contributed by atoms with E-state index in [1.54, 1.807) is 12.1 Å². The molecule has 3 aromatic rings. The van der Waals surface area contributed by atoms with E-state index in [0.717, 1.165) is 5.56 Å². The predicted molar refractivity (Wildman–Crippen MR) is 123 cm³/mol. The second-order valence-corrected chi connectivity index (χ2v) is 8.04. The van der Waals surface area contributed by atoms with Gasteiger partial charge >= 0.3 is 17.6 Å². The molecule has 0 radical (unpaired) electrons. The molecule has 0 aliphatic rings. The van der Waals surface area contributed by atoms with Gasteiger partial charge in [-0.25, -0.2) is 9.59 Å². The maximum atomic E-state index is 12.4. The molecular formula is C21H22ClN4O4S+. The molecule has 31 heavy (non-hydrogen) atoms. The molecule has 1 heterocycles. The van der Waals surface area contributed by atoms with E-state index in [2.05, 4.69) is 10.6 Å². The van der Waals surface area contributed by atoms with Gasteiger partial charge in [0.2, 0.25) is 0 Å². The van der Waals surface area contributed by atoms with Crippen molar-refractivity contribution in [3.8, 4) is 5.95 Å². The Hall–Kier alpha value is -3.17. The molecule has 0 atom stereocenters. The average Bonchev–Trinajstić information content (AvgIpc) is 2.76. The maximum absolute atomic E-state index is 12.4. The van der Waals surface area contributed by atoms with E-state index in [4.69, 9.17) is 31.9 Å². The van der Waals surface area contributed by atoms with Gasteiger partial charge in [0.15, 0.2) is 0 Å². The maximum Gasteiger partial charge on any atom is 0.346 e. The van der Waals surface area contributed by atoms with E-state index in [1.807, 2.05) is 30.3 Å². The van der Waals surface area contributed by atoms with Crippen LogP contribution in [0.15, 0.2) is 57.7 Å². The van der Waals surface area contributed by atoms with Crippen molar-refractivity contribution in [2.24, 2.45) is 5.73 Å². The van der Waals surface area contributed by atoms with Crippen LogP contribution in [-0.2, 0) is 6.54 Å². The summed E-state index contributed by atoms with van der Waals surface area (Å²) in [5.74, 6) is 0.620. The number of nitrogens with one attached hydrogen (secondary N) is 2. The van der Waals surface area contributed by atoms with Gasteiger partial charge in [-0.2, -0.15) is 0 Å². The van der Waals surface area contributed by atoms with E-state index < -0.39 is 11.7 Å². The van der Waals surface area contributed by atoms with Gasteiger partial charge < -0.3 is 19.8 Å². The largest absolute Gasteiger partial charge is 0.464 e. The van der Waals surface area contributed by atoms with E-state index in [9.17, 15) is 9.59 Å². The minimum Gasteiger partial charge on any atom is -0.464 e. The fourth-order valence-corrected chi connectivity index (χ4v) is 3.49. The smallest absolute Gasteiger partial charge is 0.346 e. The monoisotopic (exact) mass is 461 g/mol. The highest BCUT2D eigenvalue weighted by Gasteiger charge is 2.15. The minimum atomic E-state index is -0.614. The Kier molecular flexibility index (Phi) is 7.80. The van der Waals surface area contributed by atoms with Crippen molar-refractivity contribution in [1.82, 2.24) is 5.32 Å². The van der Waals surface area contributed by atoms with Crippen molar-refractivity contribution < 1.29 is 19.4 Å². The SMILES string of the molecule is NC(=[NH2+])SCCCOc1oc(=O)c2cc(NC(=O)NCc3ccccc3)ccc2c1Cl. The first-order valence-electron chi connectivity index (χ1n) is 9.42. The molecule has 2 amide bonds. The van der Waals surface area contributed by atoms with Crippen molar-refractivity contribution in [3.05, 3.63) is 69.5 Å². The van der Waals surface area contributed by atoms with Gasteiger partial charge in [-0.15, -0.1) is 0 Å². The van der Waals surface area contributed by atoms with E-state index in [1.165, 1.54) is 17.8 Å². The van der Waals surface area contributed by atoms with E-state index in [0.29, 0.717) is 29.8 Å². The molecule has 0 fully saturated rings. The van der Waals surface area contributed by atoms with Crippen molar-refractivity contribution in [2.45, 2.75) is 13.0 Å². The lowest BCUT2D eigenvalue weighted by atomic mass is 10.1. The molecule has 10 heteroatoms. The van der Waals surface area contributed by atoms with Gasteiger partial charge in [-0.05, 0) is 35.9 Å². The summed E-state index contributed by atoms with van der Waals surface area (Å²) in [7, 11) is 0. The van der Waals surface area contributed by atoms with Crippen LogP contribution in [0.5, 0.6) is 5.95 Å². The van der Waals surface area contributed by atoms with Gasteiger partial charge in [0.05, 0.1) is 12.0 Å². The number of urea groups is 1. The van der Waals surface area contributed by atoms with Crippen LogP contribution in [0.25, 0.3) is 10.8 Å². The zero-order valence-corrected chi connectivity index (χ0v) is 18.1. The number of nitrogens with two attached hydrogens (primary N) is 2. The first kappa shape index (κ1) is 22.5. The third-order valence-electron chi connectivity index (χ3n) is 4.18. The number of carbonyl (C=O) groups excluding carboxylic acids is 1. The molecule has 8 nitrogen and oxygen atoms in total. The fourth-order valence-electron chi connectivity index (χ4n) is 2.74. The zero-order valence-electron chi connectivity index (χ0n) is 16.5. The number of rotatable bonds is 8. The van der Waals surface area contributed by atoms with Gasteiger partial charge in [0.1, 0.15) is 5.02 Å². The van der Waals surface area contributed by atoms with Crippen LogP contribution < -0.4 is 32.1 Å². The quantitative estimate of drug-likeness (QED) is 0.231. The summed E-state index contributed by atoms with van der Waals surface area (Å²) in [6.45, 7) is 0.666. The standard InChI is InChI=1S/C21H21ClN4O4S/c22-17-15-8-7-14(26-21(28)25-12-13-5-2-1-3-6-13)11-16(15)18(27)30-19(17)29-9-4-10-31-20(23)24/h1-3,5-8,11H,4,9-10,12H2,(H3,23,24)(H2,25,26,28)/p+1. The van der Waals surface area contributed by atoms with Crippen LogP contribution in [-0.4, -0.2) is 23.6 Å². The first-order chi connectivity index (χ1) is 14.9. The van der Waals surface area contributed by atoms with Crippen molar-refractivity contribution in [3.63, 3.8) is 0 Å². The number of ether oxygens (including phenoxy) is 1. The second-order valence-electron chi connectivity index (χ2n) is 6.50. The second kappa shape index (κ2) is 10.7. The number of fused-ring (bicyclic) bond motifs is 1. The van der Waals surface area contributed by atoms with Crippen LogP contribution in [0.4, 0.5) is 10.5 Å². The first-order valence-corrected chi connectivity index (χ1v) is 10.8. The Morgan fingerprint density at radius 1 is 1.19 bits per heavy atom. The number of amides is 2. The molecule has 0 saturated carbocycles. The van der Waals surface area contributed by atoms with Crippen LogP contribution in [0.1, 0.15) is 12.0 Å². The third kappa shape index (κ3) is 6.40. The molecule has 0 aliphatic heterocycles. The number of amidine groups is 1. The van der Waals surface area contributed by atoms with E-state index >= 15 is 0 Å². The Bertz CT molecular complexity index is 1140. The summed E-state index contributed by atoms with van der Waals surface area (Å²) >= 11 is 7.66. The summed E-state index contributed by atoms with van der Waals surface area (Å²) in [4.78, 5) is 24.6. The molecule has 3 rings (SSSR count). The molecule has 0 bridgehead atoms. The molecule has 6 N–H and O–H groups in total. The molecule has 1 aromatic heterocycles. The Morgan fingerprint density at radius 3 is 2.71 bits per heavy atom. The highest BCUT2D eigenvalue weighted by molar-refractivity contribution is 8.13. The van der Waals surface area contributed by atoms with Crippen molar-refractivity contribution in [1.29, 1.82) is 0 Å². The van der Waals surface area contributed by atoms with E-state index in [-0.39, 0.29) is 28.1 Å². The highest BCUT2D eigenvalue weighted by Crippen LogP contribution is 2.32. The number of benzene rings is 2. The minimum absolute atomic E-state index is 0.0461. The molecule has 0 unspecified atom stereocenters. The Labute approximate surface area is 187 Å². The lowest BCUT2D eigenvalue weighted by molar-refractivity contribution is -0.110. The molecule has 0 saturated heterocycles. The number of anilines is 1. The topological polar surface area (TPSA) is 132 Å². The predicted octanol–water partition coefficient (Wildman–Crippen LogP) is 2.34. The lowest BCUT2D eigenvalue weighted by Gasteiger charge is -2.10. The summed E-state index contributed by atoms with van der Waals surface area (Å²) in [6.07, 6.45) is 0.640. The zero-order chi connectivity index (χ0) is 22.2. The van der Waals surface area contributed by atoms with Gasteiger partial charge in [-0.1, -0.05) is 48.0 Å². The number of halogens is 1. The fraction of sp³-hybridized carbons (Fsp3) is 0.190. The third-order valence-corrected chi connectivity index (χ3v) is 5.37. The van der Waals surface area contributed by atoms with Crippen LogP contribution in [0.3, 0.4) is 0 Å². The molecular weight excluding hydrogens is 440 g/mol. The Morgan fingerprint density at radius 2 is 1.97 bits per heavy atom. The van der Waals surface area contributed by atoms with Crippen LogP contribution in [0, 0.1) is 0 Å². The van der Waals surface area contributed by atoms with Crippen molar-refractivity contribution >= 4 is 51.0 Å². The number of hydrogen-bond acceptors (Lipinski definition) is 5. The number of carbonyl (C=O) groups is 1. The average molecular weight is 462 g/mol. The van der Waals surface area contributed by atoms with Gasteiger partial charge in [0, 0.05) is 23.4 Å². The van der Waals surface area contributed by atoms with Crippen LogP contribution in [0.2, 0.25) is 5.02 Å². The van der Waals surface area contributed by atoms with Crippen molar-refractivity contribution in [2.75, 3.05) is 17.7 Å². The van der Waals surface area contributed by atoms with Gasteiger partial charge in [-0.3, -0.25) is 11.1 Å². The number of thioether (sulfide) groups is 1. The van der Waals surface area contributed by atoms with Gasteiger partial charge in [0.25, 0.3) is 5.17 Å². The summed E-state index contributed by atoms with van der Waals surface area (Å²) in [5.41, 5.74) is 6.17. The summed E-state index contributed by atoms with van der Waals surface area (Å²) in [6, 6.07) is 13.9. The highest BCUT2D eigenvalue weighted by atomic mass is 35.5.